The topological polar surface area (TPSA) is 55.4 Å². The monoisotopic (exact) mass is 365 g/mol. The molecule has 4 nitrogen and oxygen atoms in total. The molecule has 0 fully saturated rings. The van der Waals surface area contributed by atoms with Gasteiger partial charge in [0, 0.05) is 0 Å². The van der Waals surface area contributed by atoms with Crippen molar-refractivity contribution >= 4 is 17.0 Å². The van der Waals surface area contributed by atoms with Gasteiger partial charge < -0.3 is 4.74 Å². The van der Waals surface area contributed by atoms with Crippen molar-refractivity contribution in [3.05, 3.63) is 35.4 Å². The minimum Gasteiger partial charge on any atom is -0.465 e. The van der Waals surface area contributed by atoms with E-state index in [-0.39, 0.29) is 12.4 Å². The molecule has 0 amide bonds. The molecule has 0 radical (unpaired) electrons. The van der Waals surface area contributed by atoms with Crippen molar-refractivity contribution in [2.45, 2.75) is 45.7 Å². The average Bonchev–Trinajstić information content (AvgIpc) is 2.43. The van der Waals surface area contributed by atoms with E-state index in [1.54, 1.807) is 27.7 Å². The lowest BCUT2D eigenvalue weighted by Gasteiger charge is -2.29. The van der Waals surface area contributed by atoms with E-state index >= 15 is 0 Å². The fraction of sp³-hybridized carbons (Fsp3) is 0.562. The van der Waals surface area contributed by atoms with Gasteiger partial charge in [-0.25, -0.2) is 8.93 Å². The summed E-state index contributed by atoms with van der Waals surface area (Å²) in [4.78, 5) is 12.0. The number of carbonyl (C=O) groups is 1. The highest BCUT2D eigenvalue weighted by Gasteiger charge is 2.34. The summed E-state index contributed by atoms with van der Waals surface area (Å²) in [6.07, 6.45) is -4.41. The minimum absolute atomic E-state index is 0.00980. The molecule has 8 heteroatoms. The molecular weight excluding hydrogens is 343 g/mol. The Bertz CT molecular complexity index is 580. The van der Waals surface area contributed by atoms with Crippen LogP contribution in [0.5, 0.6) is 0 Å². The van der Waals surface area contributed by atoms with Crippen molar-refractivity contribution in [3.63, 3.8) is 0 Å². The van der Waals surface area contributed by atoms with Crippen LogP contribution in [0.25, 0.3) is 0 Å². The number of ether oxygens (including phenoxy) is 1. The van der Waals surface area contributed by atoms with Crippen LogP contribution in [0.2, 0.25) is 0 Å². The summed E-state index contributed by atoms with van der Waals surface area (Å²) in [5, 5.41) is 0. The molecule has 0 bridgehead atoms. The molecular formula is C16H22F3NO3S. The average molecular weight is 365 g/mol. The predicted molar refractivity (Wildman–Crippen MR) is 86.3 cm³/mol. The van der Waals surface area contributed by atoms with Crippen LogP contribution in [0.3, 0.4) is 0 Å². The molecule has 2 atom stereocenters. The maximum atomic E-state index is 12.5. The fourth-order valence-electron chi connectivity index (χ4n) is 1.92. The number of esters is 1. The molecule has 0 aromatic heterocycles. The summed E-state index contributed by atoms with van der Waals surface area (Å²) in [6, 6.07) is 3.66. The fourth-order valence-corrected chi connectivity index (χ4v) is 3.21. The zero-order chi connectivity index (χ0) is 18.5. The number of halogens is 3. The molecule has 0 spiro atoms. The first-order valence-electron chi connectivity index (χ1n) is 7.42. The van der Waals surface area contributed by atoms with E-state index in [0.717, 1.165) is 12.1 Å². The summed E-state index contributed by atoms with van der Waals surface area (Å²) < 4.78 is 57.5. The van der Waals surface area contributed by atoms with E-state index in [0.29, 0.717) is 5.56 Å². The van der Waals surface area contributed by atoms with E-state index in [2.05, 4.69) is 4.72 Å². The van der Waals surface area contributed by atoms with Gasteiger partial charge in [-0.05, 0) is 30.0 Å². The number of alkyl halides is 3. The number of carbonyl (C=O) groups excluding carboxylic acids is 1. The summed E-state index contributed by atoms with van der Waals surface area (Å²) in [7, 11) is -1.63. The van der Waals surface area contributed by atoms with Gasteiger partial charge in [0.05, 0.1) is 28.9 Å². The summed E-state index contributed by atoms with van der Waals surface area (Å²) >= 11 is 0. The molecule has 0 saturated carbocycles. The molecule has 0 aliphatic rings. The van der Waals surface area contributed by atoms with Crippen molar-refractivity contribution in [2.75, 3.05) is 6.61 Å². The summed E-state index contributed by atoms with van der Waals surface area (Å²) in [6.45, 7) is 7.29. The first-order chi connectivity index (χ1) is 10.9. The number of hydrogen-bond acceptors (Lipinski definition) is 3. The highest BCUT2D eigenvalue weighted by Crippen LogP contribution is 2.29. The molecule has 1 aromatic rings. The number of nitrogens with one attached hydrogen (secondary N) is 1. The maximum absolute atomic E-state index is 12.5. The Labute approximate surface area is 142 Å². The van der Waals surface area contributed by atoms with Crippen LogP contribution in [0, 0.1) is 5.41 Å². The van der Waals surface area contributed by atoms with Crippen LogP contribution in [0.1, 0.15) is 38.8 Å². The highest BCUT2D eigenvalue weighted by molar-refractivity contribution is 7.82. The van der Waals surface area contributed by atoms with Gasteiger partial charge >= 0.3 is 12.1 Å². The molecule has 136 valence electrons. The molecule has 24 heavy (non-hydrogen) atoms. The largest absolute Gasteiger partial charge is 0.465 e. The Kier molecular flexibility index (Phi) is 6.97. The lowest BCUT2D eigenvalue weighted by molar-refractivity contribution is -0.147. The molecule has 1 rings (SSSR count). The van der Waals surface area contributed by atoms with Crippen LogP contribution in [0.4, 0.5) is 13.2 Å². The SMILES string of the molecule is CCOC(=O)[C@@H](N[S@@](=O)Cc1ccc(C(F)(F)F)cc1)C(C)(C)C. The van der Waals surface area contributed by atoms with Crippen molar-refractivity contribution in [1.29, 1.82) is 0 Å². The van der Waals surface area contributed by atoms with Crippen LogP contribution in [0.15, 0.2) is 24.3 Å². The second-order valence-corrected chi connectivity index (χ2v) is 7.57. The van der Waals surface area contributed by atoms with E-state index < -0.39 is 40.2 Å². The van der Waals surface area contributed by atoms with E-state index in [9.17, 15) is 22.2 Å². The molecule has 0 aliphatic carbocycles. The molecule has 0 aliphatic heterocycles. The zero-order valence-electron chi connectivity index (χ0n) is 14.1. The zero-order valence-corrected chi connectivity index (χ0v) is 14.9. The Hall–Kier alpha value is -1.41. The van der Waals surface area contributed by atoms with Crippen molar-refractivity contribution in [2.24, 2.45) is 5.41 Å². The number of rotatable bonds is 6. The Morgan fingerprint density at radius 2 is 1.75 bits per heavy atom. The van der Waals surface area contributed by atoms with Crippen LogP contribution in [-0.2, 0) is 32.4 Å². The normalized spacial score (nSPS) is 15.0. The lowest BCUT2D eigenvalue weighted by atomic mass is 9.87. The van der Waals surface area contributed by atoms with E-state index in [4.69, 9.17) is 4.74 Å². The second kappa shape index (κ2) is 8.11. The quantitative estimate of drug-likeness (QED) is 0.786. The third-order valence-electron chi connectivity index (χ3n) is 3.22. The third-order valence-corrected chi connectivity index (χ3v) is 4.31. The Morgan fingerprint density at radius 3 is 2.17 bits per heavy atom. The maximum Gasteiger partial charge on any atom is 0.416 e. The molecule has 0 heterocycles. The van der Waals surface area contributed by atoms with Gasteiger partial charge in [-0.2, -0.15) is 13.2 Å². The van der Waals surface area contributed by atoms with Gasteiger partial charge in [-0.15, -0.1) is 0 Å². The van der Waals surface area contributed by atoms with Crippen molar-refractivity contribution in [3.8, 4) is 0 Å². The Balaban J connectivity index is 2.77. The van der Waals surface area contributed by atoms with Crippen molar-refractivity contribution < 1.29 is 26.9 Å². The predicted octanol–water partition coefficient (Wildman–Crippen LogP) is 3.44. The van der Waals surface area contributed by atoms with E-state index in [1.807, 2.05) is 0 Å². The molecule has 0 unspecified atom stereocenters. The standard InChI is InChI=1S/C16H22F3NO3S/c1-5-23-14(21)13(15(2,3)4)20-24(22)10-11-6-8-12(9-7-11)16(17,18)19/h6-9,13,20H,5,10H2,1-4H3/t13-,24+/m1/s1. The van der Waals surface area contributed by atoms with Crippen molar-refractivity contribution in [1.82, 2.24) is 4.72 Å². The van der Waals surface area contributed by atoms with Crippen LogP contribution >= 0.6 is 0 Å². The van der Waals surface area contributed by atoms with E-state index in [1.165, 1.54) is 12.1 Å². The van der Waals surface area contributed by atoms with Crippen LogP contribution < -0.4 is 4.72 Å². The molecule has 1 N–H and O–H groups in total. The number of benzene rings is 1. The molecule has 1 aromatic carbocycles. The number of hydrogen-bond donors (Lipinski definition) is 1. The van der Waals surface area contributed by atoms with Gasteiger partial charge in [-0.3, -0.25) is 4.79 Å². The minimum atomic E-state index is -4.41. The van der Waals surface area contributed by atoms with Gasteiger partial charge in [-0.1, -0.05) is 32.9 Å². The van der Waals surface area contributed by atoms with Gasteiger partial charge in [0.25, 0.3) is 0 Å². The first kappa shape index (κ1) is 20.6. The van der Waals surface area contributed by atoms with Gasteiger partial charge in [0.15, 0.2) is 0 Å². The highest BCUT2D eigenvalue weighted by atomic mass is 32.2. The Morgan fingerprint density at radius 1 is 1.21 bits per heavy atom. The van der Waals surface area contributed by atoms with Gasteiger partial charge in [0.1, 0.15) is 6.04 Å². The smallest absolute Gasteiger partial charge is 0.416 e. The second-order valence-electron chi connectivity index (χ2n) is 6.35. The summed E-state index contributed by atoms with van der Waals surface area (Å²) in [5.74, 6) is -0.518. The molecule has 0 saturated heterocycles. The van der Waals surface area contributed by atoms with Gasteiger partial charge in [0.2, 0.25) is 0 Å². The first-order valence-corrected chi connectivity index (χ1v) is 8.74. The summed E-state index contributed by atoms with van der Waals surface area (Å²) in [5.41, 5.74) is -0.809. The van der Waals surface area contributed by atoms with Crippen LogP contribution in [-0.4, -0.2) is 22.8 Å². The third kappa shape index (κ3) is 6.24. The lowest BCUT2D eigenvalue weighted by Crippen LogP contribution is -2.48.